The molecule has 2 rings (SSSR count). The Hall–Kier alpha value is 1.63. The minimum atomic E-state index is -4.88. The van der Waals surface area contributed by atoms with Crippen molar-refractivity contribution in [1.29, 1.82) is 0 Å². The van der Waals surface area contributed by atoms with Crippen LogP contribution in [0.3, 0.4) is 0 Å². The molecule has 0 aliphatic heterocycles. The van der Waals surface area contributed by atoms with Crippen LogP contribution in [0.25, 0.3) is 5.69 Å². The van der Waals surface area contributed by atoms with E-state index in [1.54, 1.807) is 0 Å². The Morgan fingerprint density at radius 3 is 2.19 bits per heavy atom. The standard InChI is InChI=1S/C11H13N3O7S3.2K/c1-7-5-11(23(17,18)12-2)14(13-7)9-6-8(24(19,20)21)3-4-10(9)22(15)16;;/h3-6,12H,1-2H3,(H,15,16)(H,19,20,21);;/q;2*+1/p-2. The summed E-state index contributed by atoms with van der Waals surface area (Å²) in [6.45, 7) is 1.47. The summed E-state index contributed by atoms with van der Waals surface area (Å²) < 4.78 is 83.2. The van der Waals surface area contributed by atoms with Gasteiger partial charge in [0.2, 0.25) is 0 Å². The largest absolute Gasteiger partial charge is 1.00 e. The molecule has 0 radical (unpaired) electrons. The molecule has 2 aromatic rings. The fourth-order valence-electron chi connectivity index (χ4n) is 1.90. The van der Waals surface area contributed by atoms with Crippen LogP contribution >= 0.6 is 0 Å². The Labute approximate surface area is 238 Å². The van der Waals surface area contributed by atoms with Crippen molar-refractivity contribution in [1.82, 2.24) is 14.5 Å². The summed E-state index contributed by atoms with van der Waals surface area (Å²) in [5.74, 6) is 0. The van der Waals surface area contributed by atoms with Gasteiger partial charge in [-0.3, -0.25) is 4.21 Å². The Morgan fingerprint density at radius 1 is 1.15 bits per heavy atom. The molecule has 26 heavy (non-hydrogen) atoms. The van der Waals surface area contributed by atoms with Gasteiger partial charge < -0.3 is 9.11 Å². The minimum Gasteiger partial charge on any atom is -0.768 e. The first-order chi connectivity index (χ1) is 11.0. The fourth-order valence-corrected chi connectivity index (χ4v) is 3.79. The van der Waals surface area contributed by atoms with Crippen LogP contribution in [-0.2, 0) is 31.2 Å². The number of benzene rings is 1. The van der Waals surface area contributed by atoms with Crippen molar-refractivity contribution in [3.8, 4) is 5.69 Å². The minimum absolute atomic E-state index is 0. The molecule has 1 heterocycles. The summed E-state index contributed by atoms with van der Waals surface area (Å²) in [4.78, 5) is -1.13. The second-order valence-corrected chi connectivity index (χ2v) is 8.68. The van der Waals surface area contributed by atoms with Crippen molar-refractivity contribution in [3.05, 3.63) is 30.0 Å². The van der Waals surface area contributed by atoms with E-state index < -0.39 is 46.0 Å². The monoisotopic (exact) mass is 471 g/mol. The second-order valence-electron chi connectivity index (χ2n) is 4.56. The quantitative estimate of drug-likeness (QED) is 0.256. The number of hydrogen-bond donors (Lipinski definition) is 1. The number of rotatable bonds is 5. The topological polar surface area (TPSA) is 161 Å². The molecule has 1 unspecified atom stereocenters. The molecule has 0 aliphatic carbocycles. The van der Waals surface area contributed by atoms with Gasteiger partial charge in [-0.15, -0.1) is 0 Å². The average Bonchev–Trinajstić information content (AvgIpc) is 2.88. The molecule has 0 fully saturated rings. The molecule has 15 heteroatoms. The third-order valence-electron chi connectivity index (χ3n) is 2.97. The third-order valence-corrected chi connectivity index (χ3v) is 5.88. The van der Waals surface area contributed by atoms with Crippen molar-refractivity contribution in [2.75, 3.05) is 7.05 Å². The van der Waals surface area contributed by atoms with Gasteiger partial charge in [0.1, 0.15) is 10.1 Å². The Balaban J connectivity index is 0.00000312. The van der Waals surface area contributed by atoms with E-state index in [1.807, 2.05) is 0 Å². The summed E-state index contributed by atoms with van der Waals surface area (Å²) >= 11 is -2.83. The summed E-state index contributed by atoms with van der Waals surface area (Å²) in [6.07, 6.45) is 0. The third kappa shape index (κ3) is 6.31. The normalized spacial score (nSPS) is 12.8. The molecule has 0 saturated heterocycles. The molecule has 132 valence electrons. The van der Waals surface area contributed by atoms with Gasteiger partial charge in [-0.25, -0.2) is 26.2 Å². The zero-order valence-corrected chi connectivity index (χ0v) is 23.0. The van der Waals surface area contributed by atoms with Gasteiger partial charge in [0.25, 0.3) is 10.0 Å². The molecule has 1 aromatic carbocycles. The van der Waals surface area contributed by atoms with Crippen molar-refractivity contribution in [3.63, 3.8) is 0 Å². The van der Waals surface area contributed by atoms with Gasteiger partial charge in [-0.1, -0.05) is 0 Å². The molecule has 1 atom stereocenters. The fraction of sp³-hybridized carbons (Fsp3) is 0.182. The number of aryl methyl sites for hydroxylation is 1. The number of nitrogens with one attached hydrogen (secondary N) is 1. The zero-order valence-electron chi connectivity index (χ0n) is 14.3. The van der Waals surface area contributed by atoms with Gasteiger partial charge in [0, 0.05) is 0 Å². The molecule has 0 amide bonds. The molecule has 1 N–H and O–H groups in total. The maximum atomic E-state index is 12.1. The smallest absolute Gasteiger partial charge is 0.768 e. The predicted octanol–water partition coefficient (Wildman–Crippen LogP) is -6.76. The van der Waals surface area contributed by atoms with E-state index in [0.717, 1.165) is 29.9 Å². The number of nitrogens with zero attached hydrogens (tertiary/aromatic N) is 2. The predicted molar refractivity (Wildman–Crippen MR) is 79.7 cm³/mol. The van der Waals surface area contributed by atoms with Gasteiger partial charge in [0.15, 0.2) is 5.03 Å². The van der Waals surface area contributed by atoms with E-state index in [1.165, 1.54) is 13.0 Å². The summed E-state index contributed by atoms with van der Waals surface area (Å²) in [5, 5.41) is 3.48. The van der Waals surface area contributed by atoms with Crippen LogP contribution < -0.4 is 107 Å². The van der Waals surface area contributed by atoms with Gasteiger partial charge in [0.05, 0.1) is 21.2 Å². The first-order valence-electron chi connectivity index (χ1n) is 6.17. The van der Waals surface area contributed by atoms with Crippen molar-refractivity contribution >= 4 is 31.2 Å². The van der Waals surface area contributed by atoms with Gasteiger partial charge in [-0.05, 0) is 49.3 Å². The van der Waals surface area contributed by atoms with E-state index in [-0.39, 0.29) is 114 Å². The van der Waals surface area contributed by atoms with E-state index in [4.69, 9.17) is 0 Å². The Bertz CT molecular complexity index is 1040. The van der Waals surface area contributed by atoms with Crippen molar-refractivity contribution in [2.45, 2.75) is 21.7 Å². The Morgan fingerprint density at radius 2 is 1.73 bits per heavy atom. The molecular weight excluding hydrogens is 461 g/mol. The summed E-state index contributed by atoms with van der Waals surface area (Å²) in [5.41, 5.74) is -0.135. The first-order valence-corrected chi connectivity index (χ1v) is 10.1. The first kappa shape index (κ1) is 27.6. The van der Waals surface area contributed by atoms with E-state index >= 15 is 0 Å². The molecule has 0 aliphatic rings. The molecule has 10 nitrogen and oxygen atoms in total. The van der Waals surface area contributed by atoms with Crippen LogP contribution in [0.5, 0.6) is 0 Å². The maximum absolute atomic E-state index is 12.1. The average molecular weight is 472 g/mol. The van der Waals surface area contributed by atoms with E-state index in [2.05, 4.69) is 9.82 Å². The van der Waals surface area contributed by atoms with Crippen LogP contribution in [0, 0.1) is 6.92 Å². The van der Waals surface area contributed by atoms with Gasteiger partial charge in [-0.2, -0.15) is 5.10 Å². The van der Waals surface area contributed by atoms with E-state index in [0.29, 0.717) is 0 Å². The number of sulfonamides is 1. The SMILES string of the molecule is CNS(=O)(=O)c1cc(C)nn1-c1cc(S(=O)(=O)[O-])ccc1S(=O)[O-].[K+].[K+]. The van der Waals surface area contributed by atoms with Crippen molar-refractivity contribution < 1.29 is 133 Å². The molecule has 0 bridgehead atoms. The molecule has 0 spiro atoms. The molecule has 1 aromatic heterocycles. The summed E-state index contributed by atoms with van der Waals surface area (Å²) in [7, 11) is -7.76. The van der Waals surface area contributed by atoms with Crippen LogP contribution in [0.15, 0.2) is 39.1 Å². The zero-order chi connectivity index (χ0) is 18.3. The van der Waals surface area contributed by atoms with Crippen LogP contribution in [0.1, 0.15) is 5.69 Å². The second kappa shape index (κ2) is 10.6. The van der Waals surface area contributed by atoms with Crippen LogP contribution in [0.4, 0.5) is 0 Å². The maximum Gasteiger partial charge on any atom is 1.00 e. The number of aromatic nitrogens is 2. The Kier molecular flexibility index (Phi) is 11.3. The van der Waals surface area contributed by atoms with Crippen molar-refractivity contribution in [2.24, 2.45) is 0 Å². The van der Waals surface area contributed by atoms with Gasteiger partial charge >= 0.3 is 103 Å². The van der Waals surface area contributed by atoms with Crippen LogP contribution in [0.2, 0.25) is 0 Å². The molecule has 0 saturated carbocycles. The van der Waals surface area contributed by atoms with Crippen LogP contribution in [-0.4, -0.2) is 47.0 Å². The summed E-state index contributed by atoms with van der Waals surface area (Å²) in [6, 6.07) is 3.63. The molecular formula is C11H11K2N3O7S3. The van der Waals surface area contributed by atoms with E-state index in [9.17, 15) is 30.1 Å². The number of hydrogen-bond acceptors (Lipinski definition) is 8.